The van der Waals surface area contributed by atoms with Crippen LogP contribution in [0.15, 0.2) is 88.8 Å². The van der Waals surface area contributed by atoms with Crippen molar-refractivity contribution in [2.24, 2.45) is 0 Å². The maximum absolute atomic E-state index is 13.1. The Morgan fingerprint density at radius 2 is 1.58 bits per heavy atom. The Morgan fingerprint density at radius 3 is 2.38 bits per heavy atom. The Bertz CT molecular complexity index is 1130. The molecule has 0 N–H and O–H groups in total. The molecule has 0 radical (unpaired) electrons. The first kappa shape index (κ1) is 16.9. The Morgan fingerprint density at radius 1 is 0.885 bits per heavy atom. The van der Waals surface area contributed by atoms with Crippen LogP contribution in [0.1, 0.15) is 5.56 Å². The first-order valence-electron chi connectivity index (χ1n) is 8.17. The maximum atomic E-state index is 13.1. The summed E-state index contributed by atoms with van der Waals surface area (Å²) in [6, 6.07) is 24.7. The molecule has 3 aromatic carbocycles. The Balaban J connectivity index is 1.84. The standard InChI is InChI=1S/C21H15ClN2OS/c22-18-12-6-4-8-15(18)14-26-21-23-19-13-7-5-11-17(19)20(25)24(21)16-9-2-1-3-10-16/h1-13H,14H2. The predicted octanol–water partition coefficient (Wildman–Crippen LogP) is 5.33. The fourth-order valence-electron chi connectivity index (χ4n) is 2.77. The number of nitrogens with zero attached hydrogens (tertiary/aromatic N) is 2. The lowest BCUT2D eigenvalue weighted by molar-refractivity contribution is 0.819. The van der Waals surface area contributed by atoms with Gasteiger partial charge in [0.15, 0.2) is 5.16 Å². The zero-order valence-electron chi connectivity index (χ0n) is 13.8. The third kappa shape index (κ3) is 3.26. The molecular formula is C21H15ClN2OS. The molecule has 0 bridgehead atoms. The molecule has 0 saturated heterocycles. The van der Waals surface area contributed by atoms with Crippen molar-refractivity contribution in [3.63, 3.8) is 0 Å². The number of hydrogen-bond acceptors (Lipinski definition) is 3. The molecule has 0 aliphatic heterocycles. The van der Waals surface area contributed by atoms with E-state index in [1.165, 1.54) is 11.8 Å². The highest BCUT2D eigenvalue weighted by Crippen LogP contribution is 2.27. The topological polar surface area (TPSA) is 34.9 Å². The molecule has 0 atom stereocenters. The molecule has 4 aromatic rings. The van der Waals surface area contributed by atoms with E-state index in [-0.39, 0.29) is 5.56 Å². The van der Waals surface area contributed by atoms with Crippen LogP contribution in [0.2, 0.25) is 5.02 Å². The van der Waals surface area contributed by atoms with Crippen molar-refractivity contribution in [2.45, 2.75) is 10.9 Å². The van der Waals surface area contributed by atoms with Crippen LogP contribution in [0.4, 0.5) is 0 Å². The minimum Gasteiger partial charge on any atom is -0.268 e. The first-order valence-corrected chi connectivity index (χ1v) is 9.54. The number of thioether (sulfide) groups is 1. The largest absolute Gasteiger partial charge is 0.268 e. The first-order chi connectivity index (χ1) is 12.7. The maximum Gasteiger partial charge on any atom is 0.266 e. The fourth-order valence-corrected chi connectivity index (χ4v) is 4.07. The van der Waals surface area contributed by atoms with Crippen LogP contribution < -0.4 is 5.56 Å². The summed E-state index contributed by atoms with van der Waals surface area (Å²) in [6.07, 6.45) is 0. The van der Waals surface area contributed by atoms with E-state index in [2.05, 4.69) is 0 Å². The Hall–Kier alpha value is -2.56. The summed E-state index contributed by atoms with van der Waals surface area (Å²) in [4.78, 5) is 17.9. The molecule has 0 fully saturated rings. The SMILES string of the molecule is O=c1c2ccccc2nc(SCc2ccccc2Cl)n1-c1ccccc1. The normalized spacial score (nSPS) is 11.0. The van der Waals surface area contributed by atoms with E-state index in [0.717, 1.165) is 16.3 Å². The van der Waals surface area contributed by atoms with Crippen LogP contribution in [0, 0.1) is 0 Å². The second-order valence-corrected chi connectivity index (χ2v) is 7.12. The third-order valence-electron chi connectivity index (χ3n) is 4.07. The highest BCUT2D eigenvalue weighted by Gasteiger charge is 2.13. The number of para-hydroxylation sites is 2. The van der Waals surface area contributed by atoms with Crippen molar-refractivity contribution in [1.29, 1.82) is 0 Å². The minimum atomic E-state index is -0.0662. The second kappa shape index (κ2) is 7.36. The highest BCUT2D eigenvalue weighted by atomic mass is 35.5. The number of fused-ring (bicyclic) bond motifs is 1. The molecule has 0 saturated carbocycles. The van der Waals surface area contributed by atoms with Gasteiger partial charge in [0.05, 0.1) is 16.6 Å². The molecular weight excluding hydrogens is 364 g/mol. The summed E-state index contributed by atoms with van der Waals surface area (Å²) >= 11 is 7.78. The summed E-state index contributed by atoms with van der Waals surface area (Å²) in [5.41, 5.74) is 2.45. The van der Waals surface area contributed by atoms with Gasteiger partial charge in [0, 0.05) is 10.8 Å². The van der Waals surface area contributed by atoms with Gasteiger partial charge in [0.2, 0.25) is 0 Å². The lowest BCUT2D eigenvalue weighted by atomic mass is 10.2. The van der Waals surface area contributed by atoms with E-state index < -0.39 is 0 Å². The van der Waals surface area contributed by atoms with Crippen LogP contribution in [0.25, 0.3) is 16.6 Å². The molecule has 1 heterocycles. The van der Waals surface area contributed by atoms with Gasteiger partial charge in [-0.15, -0.1) is 0 Å². The van der Waals surface area contributed by atoms with Gasteiger partial charge in [0.1, 0.15) is 0 Å². The number of rotatable bonds is 4. The smallest absolute Gasteiger partial charge is 0.266 e. The van der Waals surface area contributed by atoms with Gasteiger partial charge in [0.25, 0.3) is 5.56 Å². The van der Waals surface area contributed by atoms with Crippen molar-refractivity contribution in [3.05, 3.63) is 99.8 Å². The molecule has 0 aliphatic rings. The molecule has 0 spiro atoms. The molecule has 3 nitrogen and oxygen atoms in total. The summed E-state index contributed by atoms with van der Waals surface area (Å²) in [6.45, 7) is 0. The van der Waals surface area contributed by atoms with Crippen molar-refractivity contribution < 1.29 is 0 Å². The number of aromatic nitrogens is 2. The second-order valence-electron chi connectivity index (χ2n) is 5.77. The summed E-state index contributed by atoms with van der Waals surface area (Å²) in [7, 11) is 0. The average Bonchev–Trinajstić information content (AvgIpc) is 2.68. The average molecular weight is 379 g/mol. The Labute approximate surface area is 160 Å². The van der Waals surface area contributed by atoms with Gasteiger partial charge < -0.3 is 0 Å². The van der Waals surface area contributed by atoms with E-state index in [0.29, 0.717) is 21.8 Å². The van der Waals surface area contributed by atoms with Crippen LogP contribution >= 0.6 is 23.4 Å². The Kier molecular flexibility index (Phi) is 4.78. The van der Waals surface area contributed by atoms with E-state index in [1.807, 2.05) is 78.9 Å². The molecule has 0 amide bonds. The van der Waals surface area contributed by atoms with Gasteiger partial charge in [-0.3, -0.25) is 9.36 Å². The monoisotopic (exact) mass is 378 g/mol. The number of hydrogen-bond donors (Lipinski definition) is 0. The van der Waals surface area contributed by atoms with Crippen molar-refractivity contribution in [3.8, 4) is 5.69 Å². The summed E-state index contributed by atoms with van der Waals surface area (Å²) < 4.78 is 1.67. The van der Waals surface area contributed by atoms with Crippen LogP contribution in [-0.4, -0.2) is 9.55 Å². The predicted molar refractivity (Wildman–Crippen MR) is 108 cm³/mol. The zero-order chi connectivity index (χ0) is 17.9. The molecule has 4 rings (SSSR count). The van der Waals surface area contributed by atoms with E-state index in [9.17, 15) is 4.79 Å². The summed E-state index contributed by atoms with van der Waals surface area (Å²) in [5.74, 6) is 0.636. The number of benzene rings is 3. The third-order valence-corrected chi connectivity index (χ3v) is 5.43. The molecule has 0 unspecified atom stereocenters. The highest BCUT2D eigenvalue weighted by molar-refractivity contribution is 7.98. The minimum absolute atomic E-state index is 0.0662. The molecule has 0 aliphatic carbocycles. The zero-order valence-corrected chi connectivity index (χ0v) is 15.4. The molecule has 5 heteroatoms. The van der Waals surface area contributed by atoms with Crippen molar-refractivity contribution in [2.75, 3.05) is 0 Å². The van der Waals surface area contributed by atoms with Crippen molar-refractivity contribution >= 4 is 34.3 Å². The van der Waals surface area contributed by atoms with E-state index in [4.69, 9.17) is 16.6 Å². The van der Waals surface area contributed by atoms with Gasteiger partial charge >= 0.3 is 0 Å². The van der Waals surface area contributed by atoms with Crippen LogP contribution in [0.3, 0.4) is 0 Å². The quantitative estimate of drug-likeness (QED) is 0.355. The molecule has 1 aromatic heterocycles. The van der Waals surface area contributed by atoms with Gasteiger partial charge in [-0.05, 0) is 35.9 Å². The van der Waals surface area contributed by atoms with E-state index in [1.54, 1.807) is 4.57 Å². The van der Waals surface area contributed by atoms with Crippen molar-refractivity contribution in [1.82, 2.24) is 9.55 Å². The van der Waals surface area contributed by atoms with Crippen LogP contribution in [-0.2, 0) is 5.75 Å². The fraction of sp³-hybridized carbons (Fsp3) is 0.0476. The van der Waals surface area contributed by atoms with Gasteiger partial charge in [-0.1, -0.05) is 71.9 Å². The number of halogens is 1. The molecule has 26 heavy (non-hydrogen) atoms. The van der Waals surface area contributed by atoms with E-state index >= 15 is 0 Å². The lowest BCUT2D eigenvalue weighted by Crippen LogP contribution is -2.21. The van der Waals surface area contributed by atoms with Gasteiger partial charge in [-0.2, -0.15) is 0 Å². The molecule has 128 valence electrons. The lowest BCUT2D eigenvalue weighted by Gasteiger charge is -2.13. The summed E-state index contributed by atoms with van der Waals surface area (Å²) in [5, 5.41) is 1.98. The van der Waals surface area contributed by atoms with Crippen LogP contribution in [0.5, 0.6) is 0 Å². The van der Waals surface area contributed by atoms with Gasteiger partial charge in [-0.25, -0.2) is 4.98 Å².